The second kappa shape index (κ2) is 22.3. The molecule has 2 aliphatic rings. The summed E-state index contributed by atoms with van der Waals surface area (Å²) in [4.78, 5) is 69.9. The lowest BCUT2D eigenvalue weighted by atomic mass is 9.77. The van der Waals surface area contributed by atoms with Crippen LogP contribution in [0.25, 0.3) is 0 Å². The van der Waals surface area contributed by atoms with E-state index in [4.69, 9.17) is 19.3 Å². The number of hydrogen-bond acceptors (Lipinski definition) is 16. The van der Waals surface area contributed by atoms with E-state index in [0.717, 1.165) is 27.8 Å². The molecular formula is C56H53N9O7S3. The average molecular weight is 1060 g/mol. The summed E-state index contributed by atoms with van der Waals surface area (Å²) in [7, 11) is 1.71. The summed E-state index contributed by atoms with van der Waals surface area (Å²) in [5.41, 5.74) is 1.13. The number of tetrazole rings is 1. The summed E-state index contributed by atoms with van der Waals surface area (Å²) >= 11 is 3.83. The molecule has 16 nitrogen and oxygen atoms in total. The van der Waals surface area contributed by atoms with E-state index in [1.165, 1.54) is 58.3 Å². The number of allylic oxidation sites excluding steroid dienone is 1. The molecule has 0 saturated carbocycles. The lowest BCUT2D eigenvalue weighted by Crippen LogP contribution is -2.71. The number of benzene rings is 5. The number of thioether (sulfide) groups is 2. The predicted octanol–water partition coefficient (Wildman–Crippen LogP) is 9.20. The quantitative estimate of drug-likeness (QED) is 0.0206. The van der Waals surface area contributed by atoms with E-state index in [2.05, 4.69) is 31.3 Å². The molecule has 2 unspecified atom stereocenters. The third kappa shape index (κ3) is 11.4. The molecule has 2 amide bonds. The van der Waals surface area contributed by atoms with Crippen molar-refractivity contribution in [1.82, 2.24) is 35.4 Å². The number of aromatic nitrogens is 5. The van der Waals surface area contributed by atoms with Crippen LogP contribution in [0.1, 0.15) is 74.2 Å². The minimum absolute atomic E-state index is 0.0318. The average Bonchev–Trinajstić information content (AvgIpc) is 4.07. The Morgan fingerprint density at radius 2 is 1.35 bits per heavy atom. The van der Waals surface area contributed by atoms with E-state index in [1.54, 1.807) is 44.7 Å². The molecule has 7 aromatic rings. The summed E-state index contributed by atoms with van der Waals surface area (Å²) in [6.45, 7) is 8.16. The Kier molecular flexibility index (Phi) is 15.5. The summed E-state index contributed by atoms with van der Waals surface area (Å²) < 4.78 is 13.5. The highest BCUT2D eigenvalue weighted by atomic mass is 32.2. The van der Waals surface area contributed by atoms with Crippen LogP contribution in [-0.4, -0.2) is 87.9 Å². The molecular weight excluding hydrogens is 1010 g/mol. The smallest absolute Gasteiger partial charge is 0.356 e. The van der Waals surface area contributed by atoms with Crippen molar-refractivity contribution in [2.24, 2.45) is 12.2 Å². The largest absolute Gasteiger partial charge is 0.457 e. The van der Waals surface area contributed by atoms with Crippen LogP contribution in [0.4, 0.5) is 5.13 Å². The summed E-state index contributed by atoms with van der Waals surface area (Å²) in [6.07, 6.45) is 0.930. The topological polar surface area (TPSA) is 192 Å². The van der Waals surface area contributed by atoms with Crippen LogP contribution in [0, 0.1) is 0 Å². The minimum atomic E-state index is -1.66. The van der Waals surface area contributed by atoms with Crippen LogP contribution in [0.15, 0.2) is 190 Å². The SMILES string of the molecule is Cn1nnnc1S/C=C/C1=C(C(=O)OC(c2ccccc2)c2ccccc2)N2C(=O)C(NC(=O)/C(=N\OC(C)(C)C(=O)OC(C)(C)C)c3csc(NC(c4ccccc4)(c4ccccc4)c4ccccc4)n3)C2SC1. The number of carbonyl (C=O) groups excluding carboxylic acids is 4. The lowest BCUT2D eigenvalue weighted by Gasteiger charge is -2.49. The van der Waals surface area contributed by atoms with Gasteiger partial charge in [0.25, 0.3) is 11.8 Å². The van der Waals surface area contributed by atoms with Gasteiger partial charge in [0.1, 0.15) is 33.9 Å². The zero-order valence-electron chi connectivity index (χ0n) is 41.8. The van der Waals surface area contributed by atoms with Crippen molar-refractivity contribution in [3.05, 3.63) is 213 Å². The summed E-state index contributed by atoms with van der Waals surface area (Å²) in [5.74, 6) is -2.56. The number of nitrogens with one attached hydrogen (secondary N) is 2. The third-order valence-corrected chi connectivity index (χ3v) is 15.0. The number of rotatable bonds is 18. The highest BCUT2D eigenvalue weighted by Crippen LogP contribution is 2.44. The van der Waals surface area contributed by atoms with Gasteiger partial charge in [-0.2, -0.15) is 0 Å². The van der Waals surface area contributed by atoms with E-state index >= 15 is 0 Å². The lowest BCUT2D eigenvalue weighted by molar-refractivity contribution is -0.179. The zero-order valence-corrected chi connectivity index (χ0v) is 44.3. The van der Waals surface area contributed by atoms with Crippen LogP contribution >= 0.6 is 34.9 Å². The molecule has 2 aromatic heterocycles. The van der Waals surface area contributed by atoms with E-state index in [9.17, 15) is 19.2 Å². The first kappa shape index (κ1) is 52.0. The monoisotopic (exact) mass is 1060 g/mol. The molecule has 382 valence electrons. The van der Waals surface area contributed by atoms with Crippen LogP contribution in [0.3, 0.4) is 0 Å². The van der Waals surface area contributed by atoms with E-state index in [1.807, 2.05) is 152 Å². The van der Waals surface area contributed by atoms with E-state index in [-0.39, 0.29) is 22.9 Å². The number of anilines is 1. The summed E-state index contributed by atoms with van der Waals surface area (Å²) in [5, 5.41) is 26.2. The third-order valence-electron chi connectivity index (χ3n) is 12.1. The Bertz CT molecular complexity index is 3120. The zero-order chi connectivity index (χ0) is 52.7. The molecule has 1 fully saturated rings. The van der Waals surface area contributed by atoms with Crippen LogP contribution in [0.2, 0.25) is 0 Å². The van der Waals surface area contributed by atoms with Gasteiger partial charge in [0.05, 0.1) is 0 Å². The highest BCUT2D eigenvalue weighted by Gasteiger charge is 2.55. The summed E-state index contributed by atoms with van der Waals surface area (Å²) in [6, 6.07) is 47.5. The number of oxime groups is 1. The van der Waals surface area contributed by atoms with Gasteiger partial charge in [-0.15, -0.1) is 28.2 Å². The van der Waals surface area contributed by atoms with Crippen molar-refractivity contribution in [1.29, 1.82) is 0 Å². The number of carbonyl (C=O) groups is 4. The van der Waals surface area contributed by atoms with Crippen molar-refractivity contribution in [2.75, 3.05) is 11.1 Å². The number of β-lactam (4-membered cyclic amide) rings is 1. The van der Waals surface area contributed by atoms with Gasteiger partial charge in [0, 0.05) is 18.2 Å². The number of esters is 2. The fourth-order valence-electron chi connectivity index (χ4n) is 8.40. The maximum absolute atomic E-state index is 14.9. The van der Waals surface area contributed by atoms with E-state index < -0.39 is 58.0 Å². The molecule has 2 atom stereocenters. The maximum Gasteiger partial charge on any atom is 0.356 e. The fraction of sp³-hybridized carbons (Fsp3) is 0.232. The second-order valence-electron chi connectivity index (χ2n) is 18.9. The van der Waals surface area contributed by atoms with Crippen molar-refractivity contribution >= 4 is 69.5 Å². The first-order chi connectivity index (χ1) is 36.1. The Morgan fingerprint density at radius 3 is 1.87 bits per heavy atom. The number of nitrogens with zero attached hydrogens (tertiary/aromatic N) is 7. The van der Waals surface area contributed by atoms with Gasteiger partial charge in [0.2, 0.25) is 10.8 Å². The molecule has 0 bridgehead atoms. The van der Waals surface area contributed by atoms with Crippen LogP contribution < -0.4 is 10.6 Å². The standard InChI is InChI=1S/C56H53N9O7S3/c1-54(2,3)71-51(69)55(4,5)72-61-43(42-35-75-52(57-42)59-56(39-26-16-9-17-27-39,40-28-18-10-19-29-40)41-30-20-11-21-31-41)47(66)58-44-48(67)65-45(38(34-74-49(44)65)32-33-73-53-60-62-63-64(53)6)50(68)70-46(36-22-12-7-13-23-36)37-24-14-8-15-25-37/h7-33,35,44,46,49H,34H2,1-6H3,(H,57,59)(H,58,66)/b33-32+,61-43-. The first-order valence-corrected chi connectivity index (χ1v) is 26.7. The van der Waals surface area contributed by atoms with Crippen molar-refractivity contribution in [3.8, 4) is 0 Å². The van der Waals surface area contributed by atoms with Gasteiger partial charge in [0.15, 0.2) is 16.9 Å². The normalized spacial score (nSPS) is 16.1. The van der Waals surface area contributed by atoms with Gasteiger partial charge in [-0.1, -0.05) is 169 Å². The molecule has 9 rings (SSSR count). The molecule has 19 heteroatoms. The van der Waals surface area contributed by atoms with Crippen molar-refractivity contribution < 1.29 is 33.5 Å². The van der Waals surface area contributed by atoms with Crippen LogP contribution in [-0.2, 0) is 46.1 Å². The van der Waals surface area contributed by atoms with Crippen LogP contribution in [0.5, 0.6) is 0 Å². The number of aryl methyl sites for hydroxylation is 1. The van der Waals surface area contributed by atoms with Gasteiger partial charge in [-0.25, -0.2) is 19.3 Å². The Labute approximate surface area is 446 Å². The van der Waals surface area contributed by atoms with Crippen molar-refractivity contribution in [3.63, 3.8) is 0 Å². The molecule has 0 spiro atoms. The maximum atomic E-state index is 14.9. The van der Waals surface area contributed by atoms with Crippen molar-refractivity contribution in [2.45, 2.75) is 74.0 Å². The predicted molar refractivity (Wildman–Crippen MR) is 289 cm³/mol. The molecule has 5 aromatic carbocycles. The molecule has 75 heavy (non-hydrogen) atoms. The highest BCUT2D eigenvalue weighted by molar-refractivity contribution is 8.02. The van der Waals surface area contributed by atoms with Gasteiger partial charge in [-0.05, 0) is 89.9 Å². The molecule has 0 radical (unpaired) electrons. The number of ether oxygens (including phenoxy) is 2. The Hall–Kier alpha value is -7.87. The van der Waals surface area contributed by atoms with Gasteiger partial charge >= 0.3 is 11.9 Å². The van der Waals surface area contributed by atoms with Gasteiger partial charge in [-0.3, -0.25) is 14.5 Å². The number of fused-ring (bicyclic) bond motifs is 1. The van der Waals surface area contributed by atoms with E-state index in [0.29, 0.717) is 15.9 Å². The number of thiazole rings is 1. The molecule has 2 aliphatic heterocycles. The number of amides is 2. The molecule has 0 aliphatic carbocycles. The number of hydrogen-bond donors (Lipinski definition) is 2. The first-order valence-electron chi connectivity index (χ1n) is 23.9. The van der Waals surface area contributed by atoms with Gasteiger partial charge < -0.3 is 24.9 Å². The second-order valence-corrected chi connectivity index (χ2v) is 21.7. The Balaban J connectivity index is 1.05. The minimum Gasteiger partial charge on any atom is -0.457 e. The molecule has 1 saturated heterocycles. The Morgan fingerprint density at radius 1 is 0.800 bits per heavy atom. The molecule has 4 heterocycles. The molecule has 2 N–H and O–H groups in total. The fourth-order valence-corrected chi connectivity index (χ4v) is 11.1.